The van der Waals surface area contributed by atoms with Crippen molar-refractivity contribution in [3.63, 3.8) is 0 Å². The minimum atomic E-state index is -3.53. The van der Waals surface area contributed by atoms with E-state index in [1.165, 1.54) is 4.90 Å². The van der Waals surface area contributed by atoms with Gasteiger partial charge in [0.15, 0.2) is 14.8 Å². The van der Waals surface area contributed by atoms with Crippen molar-refractivity contribution >= 4 is 37.8 Å². The van der Waals surface area contributed by atoms with Crippen LogP contribution in [-0.4, -0.2) is 57.1 Å². The van der Waals surface area contributed by atoms with Crippen LogP contribution in [0.25, 0.3) is 0 Å². The molecule has 0 saturated carbocycles. The van der Waals surface area contributed by atoms with Crippen LogP contribution < -0.4 is 4.90 Å². The van der Waals surface area contributed by atoms with Crippen molar-refractivity contribution in [1.29, 1.82) is 0 Å². The molecule has 2 rings (SSSR count). The highest BCUT2D eigenvalue weighted by atomic mass is 32.2. The van der Waals surface area contributed by atoms with Gasteiger partial charge in [-0.25, -0.2) is 8.42 Å². The summed E-state index contributed by atoms with van der Waals surface area (Å²) in [6.45, 7) is 0.495. The normalized spacial score (nSPS) is 18.5. The van der Waals surface area contributed by atoms with Crippen LogP contribution in [0.5, 0.6) is 0 Å². The van der Waals surface area contributed by atoms with Gasteiger partial charge in [-0.3, -0.25) is 14.9 Å². The third-order valence-electron chi connectivity index (χ3n) is 3.47. The lowest BCUT2D eigenvalue weighted by molar-refractivity contribution is -0.383. The van der Waals surface area contributed by atoms with Crippen molar-refractivity contribution in [2.24, 2.45) is 0 Å². The van der Waals surface area contributed by atoms with Crippen LogP contribution in [0.4, 0.5) is 10.7 Å². The summed E-state index contributed by atoms with van der Waals surface area (Å²) in [6.07, 6.45) is 2.34. The minimum Gasteiger partial charge on any atom is -0.347 e. The van der Waals surface area contributed by atoms with Crippen molar-refractivity contribution in [1.82, 2.24) is 4.90 Å². The van der Waals surface area contributed by atoms with Gasteiger partial charge in [0, 0.05) is 33.0 Å². The Bertz CT molecular complexity index is 710. The molecule has 8 nitrogen and oxygen atoms in total. The second-order valence-electron chi connectivity index (χ2n) is 5.37. The van der Waals surface area contributed by atoms with Gasteiger partial charge in [-0.15, -0.1) is 0 Å². The van der Waals surface area contributed by atoms with Gasteiger partial charge in [0.1, 0.15) is 10.3 Å². The van der Waals surface area contributed by atoms with Crippen molar-refractivity contribution in [3.8, 4) is 0 Å². The molecule has 1 fully saturated rings. The zero-order valence-corrected chi connectivity index (χ0v) is 14.1. The molecule has 122 valence electrons. The number of sulfone groups is 1. The lowest BCUT2D eigenvalue weighted by Crippen LogP contribution is -2.42. The van der Waals surface area contributed by atoms with Crippen LogP contribution in [0.2, 0.25) is 0 Å². The maximum absolute atomic E-state index is 12.2. The minimum absolute atomic E-state index is 0.0582. The number of carbonyl (C=O) groups is 1. The molecule has 10 heteroatoms. The number of nitro groups is 1. The van der Waals surface area contributed by atoms with Gasteiger partial charge in [0.05, 0.1) is 4.92 Å². The Morgan fingerprint density at radius 3 is 2.64 bits per heavy atom. The number of nitrogens with zero attached hydrogens (tertiary/aromatic N) is 3. The highest BCUT2D eigenvalue weighted by Crippen LogP contribution is 2.42. The molecule has 1 aromatic rings. The molecule has 0 aliphatic carbocycles. The summed E-state index contributed by atoms with van der Waals surface area (Å²) in [6, 6.07) is 0.588. The molecule has 1 atom stereocenters. The van der Waals surface area contributed by atoms with Crippen molar-refractivity contribution in [2.45, 2.75) is 23.1 Å². The van der Waals surface area contributed by atoms with Gasteiger partial charge in [0.2, 0.25) is 5.91 Å². The molecule has 0 aromatic carbocycles. The Morgan fingerprint density at radius 2 is 2.14 bits per heavy atom. The summed E-state index contributed by atoms with van der Waals surface area (Å²) in [4.78, 5) is 25.9. The maximum Gasteiger partial charge on any atom is 0.305 e. The highest BCUT2D eigenvalue weighted by molar-refractivity contribution is 7.92. The molecular formula is C12H17N3O5S2. The van der Waals surface area contributed by atoms with Crippen LogP contribution in [0.15, 0.2) is 10.3 Å². The molecule has 1 amide bonds. The summed E-state index contributed by atoms with van der Waals surface area (Å²) in [5.74, 6) is -0.138. The van der Waals surface area contributed by atoms with Gasteiger partial charge < -0.3 is 9.80 Å². The molecular weight excluding hydrogens is 330 g/mol. The first-order chi connectivity index (χ1) is 10.1. The molecule has 22 heavy (non-hydrogen) atoms. The third-order valence-corrected chi connectivity index (χ3v) is 6.44. The van der Waals surface area contributed by atoms with E-state index in [-0.39, 0.29) is 20.8 Å². The van der Waals surface area contributed by atoms with Crippen molar-refractivity contribution < 1.29 is 18.1 Å². The summed E-state index contributed by atoms with van der Waals surface area (Å²) in [5.41, 5.74) is -0.260. The van der Waals surface area contributed by atoms with E-state index in [1.54, 1.807) is 19.0 Å². The third kappa shape index (κ3) is 3.07. The van der Waals surface area contributed by atoms with E-state index >= 15 is 0 Å². The number of rotatable bonds is 4. The quantitative estimate of drug-likeness (QED) is 0.597. The second kappa shape index (κ2) is 5.84. The first-order valence-corrected chi connectivity index (χ1v) is 9.30. The van der Waals surface area contributed by atoms with E-state index in [0.717, 1.165) is 30.1 Å². The van der Waals surface area contributed by atoms with E-state index in [4.69, 9.17) is 0 Å². The predicted molar refractivity (Wildman–Crippen MR) is 83.1 cm³/mol. The highest BCUT2D eigenvalue weighted by Gasteiger charge is 2.37. The van der Waals surface area contributed by atoms with Crippen molar-refractivity contribution in [2.75, 3.05) is 31.8 Å². The molecule has 1 aliphatic heterocycles. The molecule has 1 saturated heterocycles. The van der Waals surface area contributed by atoms with Gasteiger partial charge in [-0.2, -0.15) is 0 Å². The standard InChI is InChI=1S/C12H17N3O5S2/c1-13(2)11(16)8-5-4-6-14(8)12-9(15(17)18)7-10(21-12)22(3,19)20/h7-8H,4-6H2,1-3H3. The number of thiophene rings is 1. The Hall–Kier alpha value is -1.68. The number of anilines is 1. The van der Waals surface area contributed by atoms with Crippen LogP contribution in [-0.2, 0) is 14.6 Å². The first-order valence-electron chi connectivity index (χ1n) is 6.59. The molecule has 0 spiro atoms. The number of amides is 1. The van der Waals surface area contributed by atoms with E-state index < -0.39 is 20.8 Å². The fraction of sp³-hybridized carbons (Fsp3) is 0.583. The number of likely N-dealkylation sites (N-methyl/N-ethyl adjacent to an activating group) is 1. The maximum atomic E-state index is 12.2. The fourth-order valence-corrected chi connectivity index (χ4v) is 4.54. The number of hydrogen-bond acceptors (Lipinski definition) is 7. The first kappa shape index (κ1) is 16.7. The monoisotopic (exact) mass is 347 g/mol. The largest absolute Gasteiger partial charge is 0.347 e. The van der Waals surface area contributed by atoms with E-state index in [1.807, 2.05) is 0 Å². The predicted octanol–water partition coefficient (Wildman–Crippen LogP) is 1.12. The summed E-state index contributed by atoms with van der Waals surface area (Å²) in [7, 11) is -0.272. The lowest BCUT2D eigenvalue weighted by atomic mass is 10.2. The second-order valence-corrected chi connectivity index (χ2v) is 8.64. The lowest BCUT2D eigenvalue weighted by Gasteiger charge is -2.26. The Balaban J connectivity index is 2.49. The van der Waals surface area contributed by atoms with Gasteiger partial charge in [-0.05, 0) is 12.8 Å². The molecule has 2 heterocycles. The van der Waals surface area contributed by atoms with Crippen LogP contribution in [0, 0.1) is 10.1 Å². The topological polar surface area (TPSA) is 101 Å². The van der Waals surface area contributed by atoms with Gasteiger partial charge in [-0.1, -0.05) is 11.3 Å². The average Bonchev–Trinajstić information content (AvgIpc) is 3.02. The number of carbonyl (C=O) groups excluding carboxylic acids is 1. The van der Waals surface area contributed by atoms with Gasteiger partial charge in [0.25, 0.3) is 0 Å². The average molecular weight is 347 g/mol. The van der Waals surface area contributed by atoms with Crippen LogP contribution in [0.3, 0.4) is 0 Å². The summed E-state index contributed by atoms with van der Waals surface area (Å²) in [5, 5.41) is 11.5. The van der Waals surface area contributed by atoms with E-state index in [0.29, 0.717) is 13.0 Å². The Labute approximate surface area is 132 Å². The molecule has 0 radical (unpaired) electrons. The Kier molecular flexibility index (Phi) is 4.43. The summed E-state index contributed by atoms with van der Waals surface area (Å²) < 4.78 is 23.2. The summed E-state index contributed by atoms with van der Waals surface area (Å²) >= 11 is 0.850. The van der Waals surface area contributed by atoms with Gasteiger partial charge >= 0.3 is 5.69 Å². The molecule has 1 unspecified atom stereocenters. The zero-order valence-electron chi connectivity index (χ0n) is 12.5. The molecule has 1 aromatic heterocycles. The smallest absolute Gasteiger partial charge is 0.305 e. The molecule has 0 bridgehead atoms. The fourth-order valence-electron chi connectivity index (χ4n) is 2.43. The zero-order chi connectivity index (χ0) is 16.7. The van der Waals surface area contributed by atoms with E-state index in [2.05, 4.69) is 0 Å². The SMILES string of the molecule is CN(C)C(=O)C1CCCN1c1sc(S(C)(=O)=O)cc1[N+](=O)[O-]. The van der Waals surface area contributed by atoms with Crippen LogP contribution >= 0.6 is 11.3 Å². The Morgan fingerprint density at radius 1 is 1.50 bits per heavy atom. The molecule has 1 aliphatic rings. The molecule has 0 N–H and O–H groups in total. The van der Waals surface area contributed by atoms with Crippen LogP contribution in [0.1, 0.15) is 12.8 Å². The number of hydrogen-bond donors (Lipinski definition) is 0. The van der Waals surface area contributed by atoms with E-state index in [9.17, 15) is 23.3 Å². The van der Waals surface area contributed by atoms with Crippen molar-refractivity contribution in [3.05, 3.63) is 16.2 Å².